The van der Waals surface area contributed by atoms with Gasteiger partial charge < -0.3 is 10.6 Å². The summed E-state index contributed by atoms with van der Waals surface area (Å²) in [4.78, 5) is 14.3. The van der Waals surface area contributed by atoms with E-state index in [1.165, 1.54) is 12.8 Å². The molecule has 2 N–H and O–H groups in total. The van der Waals surface area contributed by atoms with Crippen LogP contribution in [-0.2, 0) is 11.2 Å². The molecule has 104 valence electrons. The average molecular weight is 260 g/mol. The molecule has 1 saturated carbocycles. The number of nitrogens with zero attached hydrogens (tertiary/aromatic N) is 1. The average Bonchev–Trinajstić information content (AvgIpc) is 2.40. The highest BCUT2D eigenvalue weighted by molar-refractivity contribution is 5.80. The molecule has 2 rings (SSSR count). The zero-order valence-corrected chi connectivity index (χ0v) is 11.9. The summed E-state index contributed by atoms with van der Waals surface area (Å²) in [5.41, 5.74) is 7.54. The fourth-order valence-electron chi connectivity index (χ4n) is 2.94. The molecule has 0 bridgehead atoms. The number of hydrogen-bond donors (Lipinski definition) is 1. The Bertz CT molecular complexity index is 444. The summed E-state index contributed by atoms with van der Waals surface area (Å²) in [7, 11) is 1.93. The minimum atomic E-state index is 0.178. The molecule has 3 nitrogen and oxygen atoms in total. The second-order valence-electron chi connectivity index (χ2n) is 5.81. The summed E-state index contributed by atoms with van der Waals surface area (Å²) in [6.45, 7) is 2.28. The van der Waals surface area contributed by atoms with Crippen molar-refractivity contribution in [1.82, 2.24) is 4.90 Å². The third-order valence-corrected chi connectivity index (χ3v) is 4.25. The van der Waals surface area contributed by atoms with Crippen molar-refractivity contribution in [2.75, 3.05) is 12.8 Å². The van der Waals surface area contributed by atoms with Gasteiger partial charge in [-0.15, -0.1) is 0 Å². The molecule has 1 fully saturated rings. The summed E-state index contributed by atoms with van der Waals surface area (Å²) in [5.74, 6) is 0.910. The Kier molecular flexibility index (Phi) is 4.46. The molecule has 1 aliphatic rings. The van der Waals surface area contributed by atoms with Crippen LogP contribution < -0.4 is 5.73 Å². The number of para-hydroxylation sites is 1. The Morgan fingerprint density at radius 1 is 1.37 bits per heavy atom. The van der Waals surface area contributed by atoms with Crippen LogP contribution in [0.4, 0.5) is 5.69 Å². The minimum Gasteiger partial charge on any atom is -0.398 e. The molecule has 0 aromatic heterocycles. The van der Waals surface area contributed by atoms with Crippen molar-refractivity contribution in [2.45, 2.75) is 45.1 Å². The Labute approximate surface area is 115 Å². The SMILES string of the molecule is CC1CCCC(N(C)C(=O)Cc2ccccc2N)C1. The van der Waals surface area contributed by atoms with Gasteiger partial charge in [-0.05, 0) is 30.4 Å². The molecular formula is C16H24N2O. The fraction of sp³-hybridized carbons (Fsp3) is 0.562. The lowest BCUT2D eigenvalue weighted by atomic mass is 9.86. The lowest BCUT2D eigenvalue weighted by Crippen LogP contribution is -2.40. The number of amides is 1. The van der Waals surface area contributed by atoms with Crippen LogP contribution in [0, 0.1) is 5.92 Å². The van der Waals surface area contributed by atoms with Crippen molar-refractivity contribution < 1.29 is 4.79 Å². The van der Waals surface area contributed by atoms with Crippen molar-refractivity contribution in [3.63, 3.8) is 0 Å². The number of hydrogen-bond acceptors (Lipinski definition) is 2. The van der Waals surface area contributed by atoms with Crippen LogP contribution in [0.2, 0.25) is 0 Å². The molecule has 2 atom stereocenters. The van der Waals surface area contributed by atoms with Crippen LogP contribution in [0.25, 0.3) is 0 Å². The minimum absolute atomic E-state index is 0.178. The van der Waals surface area contributed by atoms with E-state index in [9.17, 15) is 4.79 Å². The summed E-state index contributed by atoms with van der Waals surface area (Å²) >= 11 is 0. The van der Waals surface area contributed by atoms with Crippen LogP contribution >= 0.6 is 0 Å². The van der Waals surface area contributed by atoms with Gasteiger partial charge in [0.15, 0.2) is 0 Å². The summed E-state index contributed by atoms with van der Waals surface area (Å²) in [6, 6.07) is 8.02. The zero-order valence-electron chi connectivity index (χ0n) is 11.9. The van der Waals surface area contributed by atoms with Crippen molar-refractivity contribution in [2.24, 2.45) is 5.92 Å². The molecule has 1 amide bonds. The normalized spacial score (nSPS) is 23.1. The van der Waals surface area contributed by atoms with Gasteiger partial charge in [0.05, 0.1) is 6.42 Å². The van der Waals surface area contributed by atoms with E-state index in [1.807, 2.05) is 36.2 Å². The van der Waals surface area contributed by atoms with Gasteiger partial charge in [0, 0.05) is 18.8 Å². The number of nitrogen functional groups attached to an aromatic ring is 1. The lowest BCUT2D eigenvalue weighted by molar-refractivity contribution is -0.132. The largest absolute Gasteiger partial charge is 0.398 e. The van der Waals surface area contributed by atoms with E-state index in [4.69, 9.17) is 5.73 Å². The van der Waals surface area contributed by atoms with E-state index >= 15 is 0 Å². The van der Waals surface area contributed by atoms with Crippen molar-refractivity contribution in [3.8, 4) is 0 Å². The number of carbonyl (C=O) groups excluding carboxylic acids is 1. The molecule has 1 aromatic carbocycles. The van der Waals surface area contributed by atoms with Crippen molar-refractivity contribution >= 4 is 11.6 Å². The first-order chi connectivity index (χ1) is 9.08. The second-order valence-corrected chi connectivity index (χ2v) is 5.81. The molecule has 0 saturated heterocycles. The number of likely N-dealkylation sites (N-methyl/N-ethyl adjacent to an activating group) is 1. The summed E-state index contributed by atoms with van der Waals surface area (Å²) in [6.07, 6.45) is 5.21. The van der Waals surface area contributed by atoms with Gasteiger partial charge in [0.25, 0.3) is 0 Å². The fourth-order valence-corrected chi connectivity index (χ4v) is 2.94. The van der Waals surface area contributed by atoms with Crippen LogP contribution in [0.5, 0.6) is 0 Å². The van der Waals surface area contributed by atoms with Crippen LogP contribution in [0.3, 0.4) is 0 Å². The van der Waals surface area contributed by atoms with E-state index in [1.54, 1.807) is 0 Å². The number of nitrogens with two attached hydrogens (primary N) is 1. The van der Waals surface area contributed by atoms with Crippen LogP contribution in [0.15, 0.2) is 24.3 Å². The maximum absolute atomic E-state index is 12.3. The maximum Gasteiger partial charge on any atom is 0.227 e. The van der Waals surface area contributed by atoms with E-state index in [2.05, 4.69) is 6.92 Å². The highest BCUT2D eigenvalue weighted by Gasteiger charge is 2.25. The third-order valence-electron chi connectivity index (χ3n) is 4.25. The lowest BCUT2D eigenvalue weighted by Gasteiger charge is -2.34. The molecule has 0 aliphatic heterocycles. The Hall–Kier alpha value is -1.51. The molecule has 1 aliphatic carbocycles. The van der Waals surface area contributed by atoms with Gasteiger partial charge in [-0.3, -0.25) is 4.79 Å². The Morgan fingerprint density at radius 3 is 2.79 bits per heavy atom. The number of carbonyl (C=O) groups is 1. The van der Waals surface area contributed by atoms with Crippen LogP contribution in [-0.4, -0.2) is 23.9 Å². The smallest absolute Gasteiger partial charge is 0.227 e. The van der Waals surface area contributed by atoms with E-state index < -0.39 is 0 Å². The number of rotatable bonds is 3. The predicted molar refractivity (Wildman–Crippen MR) is 78.7 cm³/mol. The van der Waals surface area contributed by atoms with E-state index in [0.29, 0.717) is 18.2 Å². The quantitative estimate of drug-likeness (QED) is 0.849. The van der Waals surface area contributed by atoms with Crippen molar-refractivity contribution in [3.05, 3.63) is 29.8 Å². The van der Waals surface area contributed by atoms with Gasteiger partial charge in [-0.1, -0.05) is 38.0 Å². The number of anilines is 1. The van der Waals surface area contributed by atoms with Gasteiger partial charge in [-0.25, -0.2) is 0 Å². The maximum atomic E-state index is 12.3. The molecular weight excluding hydrogens is 236 g/mol. The molecule has 1 aromatic rings. The predicted octanol–water partition coefficient (Wildman–Crippen LogP) is 2.85. The van der Waals surface area contributed by atoms with Gasteiger partial charge in [0.1, 0.15) is 0 Å². The standard InChI is InChI=1S/C16H24N2O/c1-12-6-5-8-14(10-12)18(2)16(19)11-13-7-3-4-9-15(13)17/h3-4,7,9,12,14H,5-6,8,10-11,17H2,1-2H3. The first-order valence-corrected chi connectivity index (χ1v) is 7.17. The van der Waals surface area contributed by atoms with Crippen molar-refractivity contribution in [1.29, 1.82) is 0 Å². The molecule has 19 heavy (non-hydrogen) atoms. The first-order valence-electron chi connectivity index (χ1n) is 7.17. The topological polar surface area (TPSA) is 46.3 Å². The molecule has 3 heteroatoms. The molecule has 0 spiro atoms. The zero-order chi connectivity index (χ0) is 13.8. The van der Waals surface area contributed by atoms with Gasteiger partial charge in [-0.2, -0.15) is 0 Å². The molecule has 0 heterocycles. The van der Waals surface area contributed by atoms with Crippen LogP contribution in [0.1, 0.15) is 38.2 Å². The van der Waals surface area contributed by atoms with Gasteiger partial charge in [0.2, 0.25) is 5.91 Å². The molecule has 0 radical (unpaired) electrons. The highest BCUT2D eigenvalue weighted by atomic mass is 16.2. The first kappa shape index (κ1) is 13.9. The number of benzene rings is 1. The van der Waals surface area contributed by atoms with E-state index in [-0.39, 0.29) is 5.91 Å². The van der Waals surface area contributed by atoms with E-state index in [0.717, 1.165) is 24.3 Å². The third kappa shape index (κ3) is 3.49. The Balaban J connectivity index is 1.97. The second kappa shape index (κ2) is 6.09. The Morgan fingerprint density at radius 2 is 2.11 bits per heavy atom. The highest BCUT2D eigenvalue weighted by Crippen LogP contribution is 2.27. The molecule has 2 unspecified atom stereocenters. The monoisotopic (exact) mass is 260 g/mol. The summed E-state index contributed by atoms with van der Waals surface area (Å²) < 4.78 is 0. The summed E-state index contributed by atoms with van der Waals surface area (Å²) in [5, 5.41) is 0. The van der Waals surface area contributed by atoms with Gasteiger partial charge >= 0.3 is 0 Å².